The van der Waals surface area contributed by atoms with Crippen LogP contribution in [0.3, 0.4) is 0 Å². The minimum atomic E-state index is -0.830. The molecule has 0 amide bonds. The van der Waals surface area contributed by atoms with Crippen LogP contribution in [0.1, 0.15) is 43.9 Å². The molecule has 2 heterocycles. The van der Waals surface area contributed by atoms with E-state index in [1.807, 2.05) is 0 Å². The highest BCUT2D eigenvalue weighted by molar-refractivity contribution is 5.05. The molecule has 1 saturated heterocycles. The van der Waals surface area contributed by atoms with Gasteiger partial charge in [-0.3, -0.25) is 14.3 Å². The molecule has 1 fully saturated rings. The molecule has 1 aliphatic rings. The number of hydrogen-bond acceptors (Lipinski definition) is 6. The number of aromatic nitrogens is 2. The number of nitrogens with one attached hydrogen (secondary N) is 1. The molecule has 0 aliphatic carbocycles. The van der Waals surface area contributed by atoms with E-state index in [2.05, 4.69) is 4.98 Å². The molecular formula is C15H25N3O5. The van der Waals surface area contributed by atoms with E-state index in [1.54, 1.807) is 0 Å². The molecule has 8 nitrogen and oxygen atoms in total. The van der Waals surface area contributed by atoms with Crippen LogP contribution in [0.2, 0.25) is 0 Å². The summed E-state index contributed by atoms with van der Waals surface area (Å²) >= 11 is 0. The maximum Gasteiger partial charge on any atom is 0.330 e. The first kappa shape index (κ1) is 17.9. The fourth-order valence-electron chi connectivity index (χ4n) is 2.78. The lowest BCUT2D eigenvalue weighted by Crippen LogP contribution is -2.34. The van der Waals surface area contributed by atoms with Gasteiger partial charge in [-0.2, -0.15) is 0 Å². The number of H-pyrrole nitrogens is 1. The van der Waals surface area contributed by atoms with Gasteiger partial charge < -0.3 is 20.7 Å². The zero-order chi connectivity index (χ0) is 16.8. The quantitative estimate of drug-likeness (QED) is 0.464. The van der Waals surface area contributed by atoms with Gasteiger partial charge in [-0.1, -0.05) is 12.8 Å². The maximum atomic E-state index is 12.0. The molecule has 1 aliphatic heterocycles. The molecule has 1 aromatic rings. The number of unbranched alkanes of at least 4 members (excludes halogenated alkanes) is 3. The van der Waals surface area contributed by atoms with Gasteiger partial charge in [0, 0.05) is 18.2 Å². The molecule has 23 heavy (non-hydrogen) atoms. The Labute approximate surface area is 133 Å². The molecule has 0 aromatic carbocycles. The Kier molecular flexibility index (Phi) is 6.52. The van der Waals surface area contributed by atoms with Crippen LogP contribution in [-0.2, 0) is 11.2 Å². The van der Waals surface area contributed by atoms with Crippen LogP contribution in [0.5, 0.6) is 0 Å². The SMILES string of the molecule is NCCCCCCc1cn(C2C[C@H](O)[C@@H](CO)O2)c(=O)[nH]c1=O. The van der Waals surface area contributed by atoms with Crippen LogP contribution in [0.25, 0.3) is 0 Å². The summed E-state index contributed by atoms with van der Waals surface area (Å²) in [5, 5.41) is 18.9. The predicted octanol–water partition coefficient (Wildman–Crippen LogP) is -0.761. The number of rotatable bonds is 8. The number of ether oxygens (including phenoxy) is 1. The van der Waals surface area contributed by atoms with E-state index in [-0.39, 0.29) is 18.6 Å². The first-order valence-corrected chi connectivity index (χ1v) is 8.05. The fourth-order valence-corrected chi connectivity index (χ4v) is 2.78. The summed E-state index contributed by atoms with van der Waals surface area (Å²) in [6.45, 7) is 0.350. The van der Waals surface area contributed by atoms with Crippen LogP contribution in [0.15, 0.2) is 15.8 Å². The van der Waals surface area contributed by atoms with Crippen LogP contribution in [-0.4, -0.2) is 45.1 Å². The van der Waals surface area contributed by atoms with Gasteiger partial charge >= 0.3 is 5.69 Å². The molecular weight excluding hydrogens is 302 g/mol. The molecule has 0 bridgehead atoms. The highest BCUT2D eigenvalue weighted by Crippen LogP contribution is 2.27. The van der Waals surface area contributed by atoms with Crippen molar-refractivity contribution in [2.75, 3.05) is 13.2 Å². The molecule has 0 saturated carbocycles. The highest BCUT2D eigenvalue weighted by atomic mass is 16.5. The molecule has 5 N–H and O–H groups in total. The van der Waals surface area contributed by atoms with Gasteiger partial charge in [0.25, 0.3) is 5.56 Å². The minimum absolute atomic E-state index is 0.202. The van der Waals surface area contributed by atoms with E-state index >= 15 is 0 Å². The normalized spacial score (nSPS) is 24.2. The summed E-state index contributed by atoms with van der Waals surface area (Å²) in [7, 11) is 0. The summed E-state index contributed by atoms with van der Waals surface area (Å²) in [4.78, 5) is 26.1. The summed E-state index contributed by atoms with van der Waals surface area (Å²) < 4.78 is 6.76. The van der Waals surface area contributed by atoms with Gasteiger partial charge in [-0.15, -0.1) is 0 Å². The Hall–Kier alpha value is -1.48. The van der Waals surface area contributed by atoms with Crippen molar-refractivity contribution in [3.05, 3.63) is 32.6 Å². The molecule has 3 atom stereocenters. The van der Waals surface area contributed by atoms with Crippen molar-refractivity contribution in [1.29, 1.82) is 0 Å². The Morgan fingerprint density at radius 2 is 2.04 bits per heavy atom. The lowest BCUT2D eigenvalue weighted by Gasteiger charge is -2.15. The van der Waals surface area contributed by atoms with Crippen LogP contribution in [0, 0.1) is 0 Å². The molecule has 1 aromatic heterocycles. The monoisotopic (exact) mass is 327 g/mol. The van der Waals surface area contributed by atoms with Crippen LogP contribution >= 0.6 is 0 Å². The first-order valence-electron chi connectivity index (χ1n) is 8.05. The topological polar surface area (TPSA) is 131 Å². The molecule has 1 unspecified atom stereocenters. The fraction of sp³-hybridized carbons (Fsp3) is 0.733. The minimum Gasteiger partial charge on any atom is -0.394 e. The van der Waals surface area contributed by atoms with Gasteiger partial charge in [-0.05, 0) is 25.8 Å². The van der Waals surface area contributed by atoms with Gasteiger partial charge in [0.2, 0.25) is 0 Å². The van der Waals surface area contributed by atoms with Crippen molar-refractivity contribution in [3.8, 4) is 0 Å². The van der Waals surface area contributed by atoms with E-state index in [0.29, 0.717) is 18.5 Å². The summed E-state index contributed by atoms with van der Waals surface area (Å²) in [6, 6.07) is 0. The van der Waals surface area contributed by atoms with Gasteiger partial charge in [-0.25, -0.2) is 4.79 Å². The third-order valence-corrected chi connectivity index (χ3v) is 4.14. The number of aliphatic hydroxyl groups is 2. The Morgan fingerprint density at radius 1 is 1.30 bits per heavy atom. The average Bonchev–Trinajstić information content (AvgIpc) is 2.89. The van der Waals surface area contributed by atoms with Gasteiger partial charge in [0.1, 0.15) is 12.3 Å². The molecule has 2 rings (SSSR count). The molecule has 8 heteroatoms. The van der Waals surface area contributed by atoms with Gasteiger partial charge in [0.05, 0.1) is 12.7 Å². The van der Waals surface area contributed by atoms with Crippen molar-refractivity contribution in [3.63, 3.8) is 0 Å². The number of nitrogens with two attached hydrogens (primary N) is 1. The smallest absolute Gasteiger partial charge is 0.330 e. The molecule has 0 radical (unpaired) electrons. The summed E-state index contributed by atoms with van der Waals surface area (Å²) in [5.41, 5.74) is 5.00. The number of aliphatic hydroxyl groups excluding tert-OH is 2. The van der Waals surface area contributed by atoms with E-state index < -0.39 is 24.1 Å². The largest absolute Gasteiger partial charge is 0.394 e. The van der Waals surface area contributed by atoms with Gasteiger partial charge in [0.15, 0.2) is 0 Å². The number of aryl methyl sites for hydroxylation is 1. The second-order valence-corrected chi connectivity index (χ2v) is 5.89. The second-order valence-electron chi connectivity index (χ2n) is 5.89. The Morgan fingerprint density at radius 3 is 2.70 bits per heavy atom. The molecule has 130 valence electrons. The lowest BCUT2D eigenvalue weighted by molar-refractivity contribution is -0.0460. The average molecular weight is 327 g/mol. The summed E-state index contributed by atoms with van der Waals surface area (Å²) in [6.07, 6.45) is 3.85. The predicted molar refractivity (Wildman–Crippen MR) is 84.2 cm³/mol. The van der Waals surface area contributed by atoms with Crippen LogP contribution < -0.4 is 17.0 Å². The zero-order valence-corrected chi connectivity index (χ0v) is 13.1. The summed E-state index contributed by atoms with van der Waals surface area (Å²) in [5.74, 6) is 0. The van der Waals surface area contributed by atoms with E-state index in [1.165, 1.54) is 10.8 Å². The number of nitrogens with zero attached hydrogens (tertiary/aromatic N) is 1. The maximum absolute atomic E-state index is 12.0. The van der Waals surface area contributed by atoms with E-state index in [4.69, 9.17) is 15.6 Å². The second kappa shape index (κ2) is 8.39. The Bertz CT molecular complexity index is 612. The first-order chi connectivity index (χ1) is 11.1. The lowest BCUT2D eigenvalue weighted by atomic mass is 10.1. The van der Waals surface area contributed by atoms with Crippen molar-refractivity contribution < 1.29 is 14.9 Å². The van der Waals surface area contributed by atoms with Crippen molar-refractivity contribution >= 4 is 0 Å². The van der Waals surface area contributed by atoms with Crippen molar-refractivity contribution in [2.24, 2.45) is 5.73 Å². The standard InChI is InChI=1S/C15H25N3O5/c16-6-4-2-1-3-5-10-8-18(15(22)17-14(10)21)13-7-11(20)12(9-19)23-13/h8,11-13,19-20H,1-7,9,16H2,(H,17,21,22)/t11-,12+,13?/m0/s1. The number of hydrogen-bond donors (Lipinski definition) is 4. The number of aromatic amines is 1. The van der Waals surface area contributed by atoms with E-state index in [9.17, 15) is 14.7 Å². The Balaban J connectivity index is 2.08. The van der Waals surface area contributed by atoms with Crippen molar-refractivity contribution in [1.82, 2.24) is 9.55 Å². The van der Waals surface area contributed by atoms with Crippen molar-refractivity contribution in [2.45, 2.75) is 57.0 Å². The highest BCUT2D eigenvalue weighted by Gasteiger charge is 2.35. The third kappa shape index (κ3) is 4.51. The zero-order valence-electron chi connectivity index (χ0n) is 13.1. The van der Waals surface area contributed by atoms with Crippen LogP contribution in [0.4, 0.5) is 0 Å². The molecule has 0 spiro atoms. The van der Waals surface area contributed by atoms with E-state index in [0.717, 1.165) is 25.7 Å². The third-order valence-electron chi connectivity index (χ3n) is 4.14.